The molecule has 0 unspecified atom stereocenters. The van der Waals surface area contributed by atoms with Crippen LogP contribution in [0.1, 0.15) is 11.1 Å². The van der Waals surface area contributed by atoms with Gasteiger partial charge in [-0.25, -0.2) is 13.2 Å². The predicted molar refractivity (Wildman–Crippen MR) is 111 cm³/mol. The van der Waals surface area contributed by atoms with E-state index in [9.17, 15) is 23.3 Å². The van der Waals surface area contributed by atoms with E-state index in [0.29, 0.717) is 5.69 Å². The van der Waals surface area contributed by atoms with Crippen LogP contribution in [0.2, 0.25) is 0 Å². The first-order valence-electron chi connectivity index (χ1n) is 9.20. The van der Waals surface area contributed by atoms with Gasteiger partial charge in [-0.15, -0.1) is 0 Å². The smallest absolute Gasteiger partial charge is 0.407 e. The largest absolute Gasteiger partial charge is 0.465 e. The molecule has 0 bridgehead atoms. The lowest BCUT2D eigenvalue weighted by Crippen LogP contribution is -2.50. The van der Waals surface area contributed by atoms with Gasteiger partial charge in [-0.2, -0.15) is 4.31 Å². The van der Waals surface area contributed by atoms with Crippen LogP contribution in [0.5, 0.6) is 0 Å². The fourth-order valence-corrected chi connectivity index (χ4v) is 4.99. The summed E-state index contributed by atoms with van der Waals surface area (Å²) in [5.41, 5.74) is 2.49. The fourth-order valence-electron chi connectivity index (χ4n) is 3.40. The Labute approximate surface area is 173 Å². The maximum atomic E-state index is 13.3. The number of hydrogen-bond donors (Lipinski definition) is 2. The first-order chi connectivity index (χ1) is 14.1. The topological polar surface area (TPSA) is 133 Å². The van der Waals surface area contributed by atoms with Crippen molar-refractivity contribution >= 4 is 33.2 Å². The van der Waals surface area contributed by atoms with Crippen LogP contribution in [0.15, 0.2) is 41.3 Å². The molecular formula is C19H22N4O6S. The van der Waals surface area contributed by atoms with Gasteiger partial charge in [0, 0.05) is 44.0 Å². The van der Waals surface area contributed by atoms with Crippen LogP contribution in [0.4, 0.5) is 21.9 Å². The first kappa shape index (κ1) is 21.5. The summed E-state index contributed by atoms with van der Waals surface area (Å²) >= 11 is 0. The van der Waals surface area contributed by atoms with E-state index in [0.717, 1.165) is 26.4 Å². The van der Waals surface area contributed by atoms with E-state index in [4.69, 9.17) is 5.11 Å². The van der Waals surface area contributed by atoms with Gasteiger partial charge in [0.05, 0.1) is 10.6 Å². The van der Waals surface area contributed by atoms with Crippen LogP contribution in [0, 0.1) is 24.0 Å². The highest BCUT2D eigenvalue weighted by molar-refractivity contribution is 7.89. The fraction of sp³-hybridized carbons (Fsp3) is 0.316. The number of rotatable bonds is 5. The third-order valence-electron chi connectivity index (χ3n) is 4.80. The highest BCUT2D eigenvalue weighted by Crippen LogP contribution is 2.32. The first-order valence-corrected chi connectivity index (χ1v) is 10.6. The van der Waals surface area contributed by atoms with Crippen molar-refractivity contribution in [3.05, 3.63) is 57.6 Å². The van der Waals surface area contributed by atoms with E-state index in [1.54, 1.807) is 0 Å². The molecule has 1 aliphatic rings. The summed E-state index contributed by atoms with van der Waals surface area (Å²) in [5, 5.41) is 23.4. The molecule has 2 aromatic rings. The Morgan fingerprint density at radius 3 is 2.20 bits per heavy atom. The lowest BCUT2D eigenvalue weighted by Gasteiger charge is -2.32. The summed E-state index contributed by atoms with van der Waals surface area (Å²) in [6.45, 7) is 3.83. The van der Waals surface area contributed by atoms with Crippen molar-refractivity contribution in [3.63, 3.8) is 0 Å². The van der Waals surface area contributed by atoms with Crippen molar-refractivity contribution in [3.8, 4) is 0 Å². The molecule has 0 atom stereocenters. The average molecular weight is 434 g/mol. The third kappa shape index (κ3) is 4.52. The molecule has 10 nitrogen and oxygen atoms in total. The van der Waals surface area contributed by atoms with Crippen molar-refractivity contribution in [1.29, 1.82) is 0 Å². The zero-order chi connectivity index (χ0) is 22.1. The van der Waals surface area contributed by atoms with Gasteiger partial charge in [-0.3, -0.25) is 10.1 Å². The molecule has 3 rings (SSSR count). The molecule has 0 spiro atoms. The molecule has 2 aromatic carbocycles. The molecule has 11 heteroatoms. The van der Waals surface area contributed by atoms with Gasteiger partial charge in [0.15, 0.2) is 0 Å². The van der Waals surface area contributed by atoms with Gasteiger partial charge in [-0.05, 0) is 43.2 Å². The minimum absolute atomic E-state index is 0.0275. The SMILES string of the molecule is Cc1cc(C)cc(Nc2ccc([N+](=O)[O-])cc2S(=O)(=O)N2CCN(C(=O)O)CC2)c1. The molecule has 160 valence electrons. The summed E-state index contributed by atoms with van der Waals surface area (Å²) in [6.07, 6.45) is -1.11. The molecule has 0 aliphatic carbocycles. The van der Waals surface area contributed by atoms with Gasteiger partial charge in [0.2, 0.25) is 10.0 Å². The van der Waals surface area contributed by atoms with Crippen LogP contribution in [0.3, 0.4) is 0 Å². The Hall–Kier alpha value is -3.18. The number of nitro groups is 1. The Balaban J connectivity index is 1.99. The van der Waals surface area contributed by atoms with E-state index >= 15 is 0 Å². The van der Waals surface area contributed by atoms with Crippen LogP contribution in [-0.2, 0) is 10.0 Å². The number of nitrogens with one attached hydrogen (secondary N) is 1. The van der Waals surface area contributed by atoms with Gasteiger partial charge >= 0.3 is 6.09 Å². The van der Waals surface area contributed by atoms with Crippen LogP contribution in [-0.4, -0.2) is 59.9 Å². The molecule has 1 aliphatic heterocycles. The molecule has 0 radical (unpaired) electrons. The molecule has 1 amide bonds. The molecule has 0 saturated carbocycles. The summed E-state index contributed by atoms with van der Waals surface area (Å²) in [6, 6.07) is 9.31. The van der Waals surface area contributed by atoms with Crippen LogP contribution >= 0.6 is 0 Å². The zero-order valence-electron chi connectivity index (χ0n) is 16.5. The van der Waals surface area contributed by atoms with E-state index in [1.807, 2.05) is 32.0 Å². The Morgan fingerprint density at radius 1 is 1.07 bits per heavy atom. The summed E-state index contributed by atoms with van der Waals surface area (Å²) in [4.78, 5) is 22.6. The Bertz CT molecular complexity index is 1070. The number of nitro benzene ring substituents is 1. The van der Waals surface area contributed by atoms with Crippen molar-refractivity contribution < 1.29 is 23.2 Å². The van der Waals surface area contributed by atoms with Gasteiger partial charge in [0.25, 0.3) is 5.69 Å². The molecule has 1 heterocycles. The quantitative estimate of drug-likeness (QED) is 0.546. The van der Waals surface area contributed by atoms with Crippen molar-refractivity contribution in [2.24, 2.45) is 0 Å². The highest BCUT2D eigenvalue weighted by atomic mass is 32.2. The van der Waals surface area contributed by atoms with Crippen molar-refractivity contribution in [2.75, 3.05) is 31.5 Å². The summed E-state index contributed by atoms with van der Waals surface area (Å²) < 4.78 is 27.7. The minimum Gasteiger partial charge on any atom is -0.465 e. The van der Waals surface area contributed by atoms with Crippen molar-refractivity contribution in [2.45, 2.75) is 18.7 Å². The standard InChI is InChI=1S/C19H22N4O6S/c1-13-9-14(2)11-15(10-13)20-17-4-3-16(23(26)27)12-18(17)30(28,29)22-7-5-21(6-8-22)19(24)25/h3-4,9-12,20H,5-8H2,1-2H3,(H,24,25). The van der Waals surface area contributed by atoms with E-state index in [1.165, 1.54) is 12.1 Å². The maximum absolute atomic E-state index is 13.3. The Kier molecular flexibility index (Phi) is 5.94. The third-order valence-corrected chi connectivity index (χ3v) is 6.74. The second kappa shape index (κ2) is 8.28. The Morgan fingerprint density at radius 2 is 1.67 bits per heavy atom. The summed E-state index contributed by atoms with van der Waals surface area (Å²) in [5.74, 6) is 0. The number of sulfonamides is 1. The number of non-ortho nitro benzene ring substituents is 1. The second-order valence-electron chi connectivity index (χ2n) is 7.11. The van der Waals surface area contributed by atoms with E-state index in [2.05, 4.69) is 5.32 Å². The number of aryl methyl sites for hydroxylation is 2. The predicted octanol–water partition coefficient (Wildman–Crippen LogP) is 2.94. The van der Waals surface area contributed by atoms with Crippen LogP contribution < -0.4 is 5.32 Å². The number of nitrogens with zero attached hydrogens (tertiary/aromatic N) is 3. The monoisotopic (exact) mass is 434 g/mol. The van der Waals surface area contributed by atoms with E-state index < -0.39 is 21.0 Å². The minimum atomic E-state index is -4.09. The number of anilines is 2. The zero-order valence-corrected chi connectivity index (χ0v) is 17.3. The number of hydrogen-bond acceptors (Lipinski definition) is 6. The van der Waals surface area contributed by atoms with Gasteiger partial charge < -0.3 is 15.3 Å². The van der Waals surface area contributed by atoms with Gasteiger partial charge in [-0.1, -0.05) is 6.07 Å². The van der Waals surface area contributed by atoms with E-state index in [-0.39, 0.29) is 42.4 Å². The van der Waals surface area contributed by atoms with Gasteiger partial charge in [0.1, 0.15) is 4.90 Å². The number of carbonyl (C=O) groups is 1. The maximum Gasteiger partial charge on any atom is 0.407 e. The highest BCUT2D eigenvalue weighted by Gasteiger charge is 2.33. The average Bonchev–Trinajstić information content (AvgIpc) is 2.67. The molecule has 2 N–H and O–H groups in total. The van der Waals surface area contributed by atoms with Crippen molar-refractivity contribution in [1.82, 2.24) is 9.21 Å². The lowest BCUT2D eigenvalue weighted by molar-refractivity contribution is -0.385. The van der Waals surface area contributed by atoms with Crippen LogP contribution in [0.25, 0.3) is 0 Å². The molecule has 1 saturated heterocycles. The normalized spacial score (nSPS) is 15.1. The number of piperazine rings is 1. The number of carboxylic acid groups (broad SMARTS) is 1. The number of benzene rings is 2. The molecule has 0 aromatic heterocycles. The lowest BCUT2D eigenvalue weighted by atomic mass is 10.1. The summed E-state index contributed by atoms with van der Waals surface area (Å²) in [7, 11) is -4.09. The molecular weight excluding hydrogens is 412 g/mol. The molecule has 30 heavy (non-hydrogen) atoms. The molecule has 1 fully saturated rings. The second-order valence-corrected chi connectivity index (χ2v) is 9.02. The number of amides is 1.